The molecule has 1 heterocycles. The Kier molecular flexibility index (Phi) is 4.41. The van der Waals surface area contributed by atoms with Gasteiger partial charge in [0.2, 0.25) is 5.91 Å². The van der Waals surface area contributed by atoms with Crippen molar-refractivity contribution >= 4 is 23.5 Å². The van der Waals surface area contributed by atoms with E-state index in [1.165, 1.54) is 11.0 Å². The zero-order valence-electron chi connectivity index (χ0n) is 14.5. The number of benzene rings is 1. The van der Waals surface area contributed by atoms with Crippen LogP contribution in [0, 0.1) is 6.92 Å². The van der Waals surface area contributed by atoms with E-state index >= 15 is 0 Å². The van der Waals surface area contributed by atoms with Crippen LogP contribution in [0.25, 0.3) is 0 Å². The minimum Gasteiger partial charge on any atom is -0.506 e. The third kappa shape index (κ3) is 2.94. The Bertz CT molecular complexity index is 725. The van der Waals surface area contributed by atoms with Gasteiger partial charge in [-0.25, -0.2) is 4.79 Å². The van der Waals surface area contributed by atoms with Crippen LogP contribution in [-0.2, 0) is 9.59 Å². The van der Waals surface area contributed by atoms with Crippen LogP contribution in [0.3, 0.4) is 0 Å². The first-order valence-electron chi connectivity index (χ1n) is 8.54. The van der Waals surface area contributed by atoms with E-state index in [1.807, 2.05) is 6.92 Å². The van der Waals surface area contributed by atoms with Gasteiger partial charge < -0.3 is 15.3 Å². The first-order chi connectivity index (χ1) is 11.8. The van der Waals surface area contributed by atoms with E-state index in [0.717, 1.165) is 29.7 Å². The molecule has 1 aliphatic heterocycles. The Morgan fingerprint density at radius 2 is 1.92 bits per heavy atom. The predicted octanol–water partition coefficient (Wildman–Crippen LogP) is 2.24. The average Bonchev–Trinajstić information content (AvgIpc) is 2.75. The van der Waals surface area contributed by atoms with E-state index in [9.17, 15) is 19.5 Å². The summed E-state index contributed by atoms with van der Waals surface area (Å²) in [4.78, 5) is 40.1. The molecule has 2 N–H and O–H groups in total. The molecule has 1 saturated heterocycles. The highest BCUT2D eigenvalue weighted by Gasteiger charge is 2.55. The van der Waals surface area contributed by atoms with Crippen LogP contribution in [0.15, 0.2) is 18.2 Å². The molecule has 2 aliphatic rings. The van der Waals surface area contributed by atoms with Gasteiger partial charge in [-0.1, -0.05) is 25.3 Å². The van der Waals surface area contributed by atoms with Gasteiger partial charge >= 0.3 is 6.03 Å². The lowest BCUT2D eigenvalue weighted by atomic mass is 9.81. The molecule has 1 aromatic carbocycles. The molecule has 0 bridgehead atoms. The van der Waals surface area contributed by atoms with E-state index in [0.29, 0.717) is 12.8 Å². The Labute approximate surface area is 146 Å². The maximum atomic E-state index is 12.8. The van der Waals surface area contributed by atoms with Crippen LogP contribution in [0.2, 0.25) is 0 Å². The quantitative estimate of drug-likeness (QED) is 0.649. The normalized spacial score (nSPS) is 19.6. The highest BCUT2D eigenvalue weighted by Crippen LogP contribution is 2.39. The van der Waals surface area contributed by atoms with Crippen molar-refractivity contribution < 1.29 is 19.5 Å². The summed E-state index contributed by atoms with van der Waals surface area (Å²) in [6.45, 7) is 1.48. The fraction of sp³-hybridized carbons (Fsp3) is 0.500. The number of hydrogen-bond donors (Lipinski definition) is 2. The molecular formula is C18H23N3O4. The highest BCUT2D eigenvalue weighted by molar-refractivity contribution is 6.10. The number of nitrogens with one attached hydrogen (secondary N) is 1. The summed E-state index contributed by atoms with van der Waals surface area (Å²) in [7, 11) is 1.63. The Morgan fingerprint density at radius 1 is 1.24 bits per heavy atom. The number of aryl methyl sites for hydroxylation is 1. The van der Waals surface area contributed by atoms with Gasteiger partial charge in [-0.15, -0.1) is 0 Å². The molecule has 1 saturated carbocycles. The number of phenols is 1. The fourth-order valence-electron chi connectivity index (χ4n) is 3.75. The predicted molar refractivity (Wildman–Crippen MR) is 92.2 cm³/mol. The molecule has 1 aliphatic carbocycles. The molecule has 7 nitrogen and oxygen atoms in total. The van der Waals surface area contributed by atoms with Crippen molar-refractivity contribution in [3.8, 4) is 5.75 Å². The number of nitrogens with zero attached hydrogens (tertiary/aromatic N) is 2. The SMILES string of the molecule is Cc1ccc(NC(=O)CN2C(=O)N(C)C3(CCCCC3)C2=O)c(O)c1. The van der Waals surface area contributed by atoms with Crippen molar-refractivity contribution in [2.45, 2.75) is 44.6 Å². The highest BCUT2D eigenvalue weighted by atomic mass is 16.3. The second-order valence-electron chi connectivity index (χ2n) is 6.89. The number of urea groups is 1. The lowest BCUT2D eigenvalue weighted by Gasteiger charge is -2.35. The third-order valence-corrected chi connectivity index (χ3v) is 5.21. The van der Waals surface area contributed by atoms with Crippen LogP contribution in [0.1, 0.15) is 37.7 Å². The van der Waals surface area contributed by atoms with Crippen molar-refractivity contribution in [1.29, 1.82) is 0 Å². The topological polar surface area (TPSA) is 90.0 Å². The summed E-state index contributed by atoms with van der Waals surface area (Å²) < 4.78 is 0. The molecule has 25 heavy (non-hydrogen) atoms. The number of hydrogen-bond acceptors (Lipinski definition) is 4. The standard InChI is InChI=1S/C18H23N3O4/c1-12-6-7-13(14(22)10-12)19-15(23)11-21-16(24)18(20(2)17(21)25)8-4-3-5-9-18/h6-7,10,22H,3-5,8-9,11H2,1-2H3,(H,19,23). The summed E-state index contributed by atoms with van der Waals surface area (Å²) in [5.41, 5.74) is 0.332. The van der Waals surface area contributed by atoms with Gasteiger partial charge in [0, 0.05) is 7.05 Å². The first kappa shape index (κ1) is 17.3. The Morgan fingerprint density at radius 3 is 2.56 bits per heavy atom. The summed E-state index contributed by atoms with van der Waals surface area (Å²) >= 11 is 0. The minimum atomic E-state index is -0.790. The van der Waals surface area contributed by atoms with Gasteiger partial charge in [0.05, 0.1) is 5.69 Å². The number of carbonyl (C=O) groups excluding carboxylic acids is 3. The van der Waals surface area contributed by atoms with Crippen LogP contribution < -0.4 is 5.32 Å². The molecular weight excluding hydrogens is 322 g/mol. The lowest BCUT2D eigenvalue weighted by Crippen LogP contribution is -2.49. The number of carbonyl (C=O) groups is 3. The fourth-order valence-corrected chi connectivity index (χ4v) is 3.75. The molecule has 1 aromatic rings. The summed E-state index contributed by atoms with van der Waals surface area (Å²) in [5.74, 6) is -0.849. The molecule has 0 aromatic heterocycles. The molecule has 0 unspecified atom stereocenters. The lowest BCUT2D eigenvalue weighted by molar-refractivity contribution is -0.136. The smallest absolute Gasteiger partial charge is 0.327 e. The molecule has 4 amide bonds. The van der Waals surface area contributed by atoms with E-state index in [1.54, 1.807) is 19.2 Å². The van der Waals surface area contributed by atoms with Crippen molar-refractivity contribution in [1.82, 2.24) is 9.80 Å². The summed E-state index contributed by atoms with van der Waals surface area (Å²) in [6, 6.07) is 4.44. The number of phenolic OH excluding ortho intramolecular Hbond substituents is 1. The number of anilines is 1. The van der Waals surface area contributed by atoms with Gasteiger partial charge in [-0.3, -0.25) is 14.5 Å². The van der Waals surface area contributed by atoms with E-state index in [2.05, 4.69) is 5.32 Å². The van der Waals surface area contributed by atoms with Gasteiger partial charge in [0.1, 0.15) is 17.8 Å². The Balaban J connectivity index is 1.72. The number of aromatic hydroxyl groups is 1. The van der Waals surface area contributed by atoms with E-state index < -0.39 is 17.5 Å². The molecule has 2 fully saturated rings. The zero-order chi connectivity index (χ0) is 18.2. The van der Waals surface area contributed by atoms with Crippen molar-refractivity contribution in [3.05, 3.63) is 23.8 Å². The van der Waals surface area contributed by atoms with Crippen LogP contribution in [0.4, 0.5) is 10.5 Å². The maximum absolute atomic E-state index is 12.8. The van der Waals surface area contributed by atoms with E-state index in [4.69, 9.17) is 0 Å². The van der Waals surface area contributed by atoms with Crippen molar-refractivity contribution in [2.24, 2.45) is 0 Å². The van der Waals surface area contributed by atoms with E-state index in [-0.39, 0.29) is 23.9 Å². The van der Waals surface area contributed by atoms with Crippen molar-refractivity contribution in [3.63, 3.8) is 0 Å². The average molecular weight is 345 g/mol. The molecule has 7 heteroatoms. The molecule has 0 radical (unpaired) electrons. The van der Waals surface area contributed by atoms with Crippen LogP contribution in [-0.4, -0.2) is 51.9 Å². The minimum absolute atomic E-state index is 0.0479. The van der Waals surface area contributed by atoms with Crippen molar-refractivity contribution in [2.75, 3.05) is 18.9 Å². The first-order valence-corrected chi connectivity index (χ1v) is 8.54. The number of likely N-dealkylation sites (N-methyl/N-ethyl adjacent to an activating group) is 1. The third-order valence-electron chi connectivity index (χ3n) is 5.21. The monoisotopic (exact) mass is 345 g/mol. The Hall–Kier alpha value is -2.57. The maximum Gasteiger partial charge on any atom is 0.327 e. The van der Waals surface area contributed by atoms with Crippen LogP contribution in [0.5, 0.6) is 5.75 Å². The van der Waals surface area contributed by atoms with Gasteiger partial charge in [0.25, 0.3) is 5.91 Å². The zero-order valence-corrected chi connectivity index (χ0v) is 14.5. The number of rotatable bonds is 3. The van der Waals surface area contributed by atoms with Gasteiger partial charge in [-0.05, 0) is 37.5 Å². The molecule has 3 rings (SSSR count). The van der Waals surface area contributed by atoms with Crippen LogP contribution >= 0.6 is 0 Å². The second-order valence-corrected chi connectivity index (χ2v) is 6.89. The molecule has 134 valence electrons. The second kappa shape index (κ2) is 6.38. The summed E-state index contributed by atoms with van der Waals surface area (Å²) in [5, 5.41) is 12.4. The molecule has 0 atom stereocenters. The van der Waals surface area contributed by atoms with Gasteiger partial charge in [-0.2, -0.15) is 0 Å². The number of amides is 4. The number of imide groups is 1. The summed E-state index contributed by atoms with van der Waals surface area (Å²) in [6.07, 6.45) is 4.15. The molecule has 1 spiro atoms. The largest absolute Gasteiger partial charge is 0.506 e. The van der Waals surface area contributed by atoms with Gasteiger partial charge in [0.15, 0.2) is 0 Å².